The number of esters is 1. The number of benzene rings is 1. The summed E-state index contributed by atoms with van der Waals surface area (Å²) in [4.78, 5) is 14.2. The largest absolute Gasteiger partial charge is 0.463 e. The Labute approximate surface area is 191 Å². The molecule has 7 nitrogen and oxygen atoms in total. The second-order valence-electron chi connectivity index (χ2n) is 8.89. The predicted octanol–water partition coefficient (Wildman–Crippen LogP) is 3.92. The van der Waals surface area contributed by atoms with Gasteiger partial charge in [0, 0.05) is 19.2 Å². The van der Waals surface area contributed by atoms with E-state index in [9.17, 15) is 9.90 Å². The Hall–Kier alpha value is -2.25. The maximum Gasteiger partial charge on any atom is 0.305 e. The first-order valence-corrected chi connectivity index (χ1v) is 12.1. The summed E-state index contributed by atoms with van der Waals surface area (Å²) in [6.45, 7) is 5.29. The maximum atomic E-state index is 11.8. The Morgan fingerprint density at radius 3 is 2.66 bits per heavy atom. The monoisotopic (exact) mass is 442 g/mol. The van der Waals surface area contributed by atoms with Crippen LogP contribution in [0.4, 0.5) is 0 Å². The molecule has 1 N–H and O–H groups in total. The quantitative estimate of drug-likeness (QED) is 0.374. The van der Waals surface area contributed by atoms with Crippen LogP contribution in [0, 0.1) is 0 Å². The topological polar surface area (TPSA) is 80.5 Å². The van der Waals surface area contributed by atoms with Gasteiger partial charge in [0.2, 0.25) is 0 Å². The molecule has 0 bridgehead atoms. The number of ether oxygens (including phenoxy) is 1. The van der Waals surface area contributed by atoms with Gasteiger partial charge in [0.15, 0.2) is 0 Å². The average Bonchev–Trinajstić information content (AvgIpc) is 3.25. The molecule has 2 heterocycles. The second-order valence-corrected chi connectivity index (χ2v) is 8.89. The van der Waals surface area contributed by atoms with Crippen molar-refractivity contribution in [2.75, 3.05) is 19.7 Å². The van der Waals surface area contributed by atoms with Gasteiger partial charge < -0.3 is 9.84 Å². The third kappa shape index (κ3) is 8.36. The molecule has 1 aromatic carbocycles. The number of carbonyl (C=O) groups excluding carboxylic acids is 1. The zero-order valence-electron chi connectivity index (χ0n) is 19.4. The molecule has 176 valence electrons. The molecule has 1 fully saturated rings. The molecule has 1 aliphatic heterocycles. The van der Waals surface area contributed by atoms with E-state index in [2.05, 4.69) is 52.5 Å². The van der Waals surface area contributed by atoms with E-state index in [1.807, 2.05) is 6.20 Å². The van der Waals surface area contributed by atoms with Gasteiger partial charge in [0.05, 0.1) is 12.2 Å². The predicted molar refractivity (Wildman–Crippen MR) is 124 cm³/mol. The summed E-state index contributed by atoms with van der Waals surface area (Å²) in [5.74, 6) is 0.399. The van der Waals surface area contributed by atoms with Gasteiger partial charge in [-0.2, -0.15) is 0 Å². The number of piperidine rings is 1. The van der Waals surface area contributed by atoms with Gasteiger partial charge in [-0.1, -0.05) is 68.2 Å². The van der Waals surface area contributed by atoms with Crippen molar-refractivity contribution in [3.05, 3.63) is 47.8 Å². The third-order valence-corrected chi connectivity index (χ3v) is 6.15. The van der Waals surface area contributed by atoms with Crippen LogP contribution >= 0.6 is 0 Å². The van der Waals surface area contributed by atoms with E-state index in [0.29, 0.717) is 12.3 Å². The van der Waals surface area contributed by atoms with Crippen molar-refractivity contribution in [2.45, 2.75) is 83.4 Å². The van der Waals surface area contributed by atoms with Crippen LogP contribution in [0.25, 0.3) is 0 Å². The molecule has 1 unspecified atom stereocenters. The number of nitrogens with zero attached hydrogens (tertiary/aromatic N) is 4. The number of rotatable bonds is 13. The minimum Gasteiger partial charge on any atom is -0.463 e. The molecule has 0 spiro atoms. The van der Waals surface area contributed by atoms with Gasteiger partial charge in [-0.25, -0.2) is 4.68 Å². The molecule has 1 aromatic heterocycles. The van der Waals surface area contributed by atoms with E-state index in [4.69, 9.17) is 4.74 Å². The van der Waals surface area contributed by atoms with E-state index in [-0.39, 0.29) is 19.1 Å². The number of hydrogen-bond donors (Lipinski definition) is 1. The van der Waals surface area contributed by atoms with E-state index >= 15 is 0 Å². The lowest BCUT2D eigenvalue weighted by Gasteiger charge is -2.31. The van der Waals surface area contributed by atoms with Gasteiger partial charge in [0.1, 0.15) is 12.7 Å². The Kier molecular flexibility index (Phi) is 10.2. The number of hydrogen-bond acceptors (Lipinski definition) is 6. The number of likely N-dealkylation sites (tertiary alicyclic amines) is 1. The molecule has 0 amide bonds. The Morgan fingerprint density at radius 1 is 1.16 bits per heavy atom. The normalized spacial score (nSPS) is 16.2. The van der Waals surface area contributed by atoms with E-state index < -0.39 is 6.10 Å². The summed E-state index contributed by atoms with van der Waals surface area (Å²) in [7, 11) is 0. The van der Waals surface area contributed by atoms with Gasteiger partial charge >= 0.3 is 5.97 Å². The fraction of sp³-hybridized carbons (Fsp3) is 0.640. The minimum absolute atomic E-state index is 0.00398. The second kappa shape index (κ2) is 13.3. The number of aliphatic hydroxyl groups excluding tert-OH is 1. The lowest BCUT2D eigenvalue weighted by molar-refractivity contribution is -0.147. The first-order valence-electron chi connectivity index (χ1n) is 12.1. The molecule has 3 rings (SSSR count). The van der Waals surface area contributed by atoms with Crippen LogP contribution in [0.1, 0.15) is 75.5 Å². The Morgan fingerprint density at radius 2 is 1.91 bits per heavy atom. The molecule has 32 heavy (non-hydrogen) atoms. The summed E-state index contributed by atoms with van der Waals surface area (Å²) in [5.41, 5.74) is 2.34. The molecular formula is C25H38N4O3. The highest BCUT2D eigenvalue weighted by Gasteiger charge is 2.21. The van der Waals surface area contributed by atoms with Crippen LogP contribution in [0.15, 0.2) is 36.5 Å². The smallest absolute Gasteiger partial charge is 0.305 e. The number of aliphatic hydroxyl groups is 1. The maximum absolute atomic E-state index is 11.8. The van der Waals surface area contributed by atoms with Crippen LogP contribution < -0.4 is 0 Å². The van der Waals surface area contributed by atoms with Crippen molar-refractivity contribution in [2.24, 2.45) is 0 Å². The SMILES string of the molecule is CCCCCCCC(=O)OCC(O)Cn1cc(CN2CCC(c3ccccc3)CC2)nn1. The van der Waals surface area contributed by atoms with E-state index in [1.165, 1.54) is 18.4 Å². The van der Waals surface area contributed by atoms with Crippen LogP contribution in [0.2, 0.25) is 0 Å². The molecule has 0 saturated carbocycles. The highest BCUT2D eigenvalue weighted by atomic mass is 16.5. The molecule has 2 aromatic rings. The first kappa shape index (κ1) is 24.4. The molecule has 0 aliphatic carbocycles. The van der Waals surface area contributed by atoms with Gasteiger partial charge in [-0.15, -0.1) is 5.10 Å². The molecule has 0 radical (unpaired) electrons. The highest BCUT2D eigenvalue weighted by Crippen LogP contribution is 2.28. The molecule has 1 atom stereocenters. The Balaban J connectivity index is 1.32. The number of aromatic nitrogens is 3. The molecule has 1 saturated heterocycles. The summed E-state index contributed by atoms with van der Waals surface area (Å²) < 4.78 is 6.83. The van der Waals surface area contributed by atoms with Crippen LogP contribution in [0.5, 0.6) is 0 Å². The molecule has 7 heteroatoms. The summed E-state index contributed by atoms with van der Waals surface area (Å²) >= 11 is 0. The average molecular weight is 443 g/mol. The fourth-order valence-electron chi connectivity index (χ4n) is 4.28. The number of carbonyl (C=O) groups is 1. The fourth-order valence-corrected chi connectivity index (χ4v) is 4.28. The van der Waals surface area contributed by atoms with E-state index in [1.54, 1.807) is 4.68 Å². The van der Waals surface area contributed by atoms with E-state index in [0.717, 1.165) is 57.4 Å². The van der Waals surface area contributed by atoms with Gasteiger partial charge in [0.25, 0.3) is 0 Å². The minimum atomic E-state index is -0.782. The summed E-state index contributed by atoms with van der Waals surface area (Å²) in [6.07, 6.45) is 9.28. The summed E-state index contributed by atoms with van der Waals surface area (Å²) in [5, 5.41) is 18.6. The van der Waals surface area contributed by atoms with Crippen LogP contribution in [-0.2, 0) is 22.6 Å². The van der Waals surface area contributed by atoms with Crippen molar-refractivity contribution in [3.63, 3.8) is 0 Å². The first-order chi connectivity index (χ1) is 15.6. The Bertz CT molecular complexity index is 787. The van der Waals surface area contributed by atoms with Gasteiger partial charge in [-0.3, -0.25) is 9.69 Å². The third-order valence-electron chi connectivity index (χ3n) is 6.15. The molecular weight excluding hydrogens is 404 g/mol. The summed E-state index contributed by atoms with van der Waals surface area (Å²) in [6, 6.07) is 10.7. The molecule has 1 aliphatic rings. The lowest BCUT2D eigenvalue weighted by atomic mass is 9.89. The van der Waals surface area contributed by atoms with Crippen molar-refractivity contribution >= 4 is 5.97 Å². The van der Waals surface area contributed by atoms with Crippen molar-refractivity contribution < 1.29 is 14.6 Å². The van der Waals surface area contributed by atoms with Crippen molar-refractivity contribution in [1.29, 1.82) is 0 Å². The number of unbranched alkanes of at least 4 members (excludes halogenated alkanes) is 4. The standard InChI is InChI=1S/C25H38N4O3/c1-2-3-4-5-9-12-25(31)32-20-24(30)19-29-18-23(26-27-29)17-28-15-13-22(14-16-28)21-10-7-6-8-11-21/h6-8,10-11,18,22,24,30H,2-5,9,12-17,19-20H2,1H3. The van der Waals surface area contributed by atoms with Crippen molar-refractivity contribution in [1.82, 2.24) is 19.9 Å². The zero-order valence-corrected chi connectivity index (χ0v) is 19.4. The van der Waals surface area contributed by atoms with Gasteiger partial charge in [-0.05, 0) is 43.8 Å². The van der Waals surface area contributed by atoms with Crippen molar-refractivity contribution in [3.8, 4) is 0 Å². The van der Waals surface area contributed by atoms with Crippen LogP contribution in [-0.4, -0.2) is 56.8 Å². The lowest BCUT2D eigenvalue weighted by Crippen LogP contribution is -2.32. The highest BCUT2D eigenvalue weighted by molar-refractivity contribution is 5.69. The van der Waals surface area contributed by atoms with Crippen LogP contribution in [0.3, 0.4) is 0 Å². The zero-order chi connectivity index (χ0) is 22.6.